The lowest BCUT2D eigenvalue weighted by molar-refractivity contribution is 0.236. The highest BCUT2D eigenvalue weighted by atomic mass is 35.5. The van der Waals surface area contributed by atoms with Crippen molar-refractivity contribution >= 4 is 52.9 Å². The fraction of sp³-hybridized carbons (Fsp3) is 0.208. The van der Waals surface area contributed by atoms with Crippen molar-refractivity contribution < 1.29 is 4.79 Å². The molecule has 0 spiro atoms. The van der Waals surface area contributed by atoms with Crippen LogP contribution in [-0.4, -0.2) is 40.8 Å². The second kappa shape index (κ2) is 10.1. The lowest BCUT2D eigenvalue weighted by Gasteiger charge is -2.25. The minimum absolute atomic E-state index is 0.317. The molecule has 1 aromatic heterocycles. The number of nitrogens with zero attached hydrogens (tertiary/aromatic N) is 4. The Morgan fingerprint density at radius 1 is 1.29 bits per heavy atom. The van der Waals surface area contributed by atoms with E-state index in [-0.39, 0.29) is 6.03 Å². The number of hydrogen-bond donors (Lipinski definition) is 3. The monoisotopic (exact) mass is 495 g/mol. The second-order valence-corrected chi connectivity index (χ2v) is 8.92. The highest BCUT2D eigenvalue weighted by Crippen LogP contribution is 2.27. The van der Waals surface area contributed by atoms with E-state index in [0.717, 1.165) is 11.1 Å². The molecule has 8 nitrogen and oxygen atoms in total. The number of halogens is 2. The lowest BCUT2D eigenvalue weighted by Crippen LogP contribution is -2.54. The third-order valence-electron chi connectivity index (χ3n) is 5.06. The fourth-order valence-corrected chi connectivity index (χ4v) is 3.76. The smallest absolute Gasteiger partial charge is 0.315 e. The van der Waals surface area contributed by atoms with Crippen LogP contribution in [0, 0.1) is 6.92 Å². The molecule has 2 amide bonds. The largest absolute Gasteiger partial charge is 0.334 e. The zero-order valence-electron chi connectivity index (χ0n) is 18.6. The van der Waals surface area contributed by atoms with Crippen molar-refractivity contribution in [3.05, 3.63) is 81.7 Å². The Hall–Kier alpha value is -3.58. The van der Waals surface area contributed by atoms with Crippen molar-refractivity contribution in [1.29, 1.82) is 0 Å². The van der Waals surface area contributed by atoms with Crippen molar-refractivity contribution in [3.8, 4) is 0 Å². The summed E-state index contributed by atoms with van der Waals surface area (Å²) in [6.07, 6.45) is 10.5. The number of urea groups is 1. The van der Waals surface area contributed by atoms with Gasteiger partial charge in [-0.15, -0.1) is 5.73 Å². The molecule has 0 fully saturated rings. The van der Waals surface area contributed by atoms with Gasteiger partial charge >= 0.3 is 6.03 Å². The van der Waals surface area contributed by atoms with E-state index in [1.54, 1.807) is 41.7 Å². The Morgan fingerprint density at radius 3 is 2.94 bits per heavy atom. The van der Waals surface area contributed by atoms with Crippen LogP contribution < -0.4 is 21.0 Å². The summed E-state index contributed by atoms with van der Waals surface area (Å²) >= 11 is 12.3. The number of benzene rings is 1. The van der Waals surface area contributed by atoms with E-state index in [1.165, 1.54) is 0 Å². The Bertz CT molecular complexity index is 1260. The van der Waals surface area contributed by atoms with Crippen LogP contribution in [0.2, 0.25) is 5.02 Å². The summed E-state index contributed by atoms with van der Waals surface area (Å²) in [6, 6.07) is 7.05. The minimum atomic E-state index is -0.690. The maximum absolute atomic E-state index is 12.5. The molecule has 2 heterocycles. The molecule has 1 atom stereocenters. The maximum atomic E-state index is 12.5. The molecule has 174 valence electrons. The van der Waals surface area contributed by atoms with Gasteiger partial charge in [0.25, 0.3) is 0 Å². The van der Waals surface area contributed by atoms with Crippen molar-refractivity contribution in [2.24, 2.45) is 5.10 Å². The Kier molecular flexibility index (Phi) is 7.03. The molecule has 0 saturated heterocycles. The third-order valence-corrected chi connectivity index (χ3v) is 5.61. The summed E-state index contributed by atoms with van der Waals surface area (Å²) in [6.45, 7) is 4.53. The number of carbonyl (C=O) groups is 1. The van der Waals surface area contributed by atoms with E-state index in [0.29, 0.717) is 40.6 Å². The number of aromatic nitrogens is 2. The average molecular weight is 496 g/mol. The summed E-state index contributed by atoms with van der Waals surface area (Å²) in [7, 11) is 0. The summed E-state index contributed by atoms with van der Waals surface area (Å²) in [5, 5.41) is 16.3. The molecule has 2 aliphatic rings. The number of hydrazone groups is 1. The van der Waals surface area contributed by atoms with Gasteiger partial charge < -0.3 is 16.0 Å². The number of para-hydroxylation sites is 1. The zero-order valence-corrected chi connectivity index (χ0v) is 20.2. The van der Waals surface area contributed by atoms with E-state index in [9.17, 15) is 4.79 Å². The normalized spacial score (nSPS) is 18.9. The van der Waals surface area contributed by atoms with Gasteiger partial charge in [-0.1, -0.05) is 35.3 Å². The number of amides is 2. The average Bonchev–Trinajstić information content (AvgIpc) is 3.05. The van der Waals surface area contributed by atoms with Crippen molar-refractivity contribution in [3.63, 3.8) is 0 Å². The van der Waals surface area contributed by atoms with Crippen LogP contribution in [-0.2, 0) is 0 Å². The number of hydrogen-bond acceptors (Lipinski definition) is 6. The fourth-order valence-electron chi connectivity index (χ4n) is 3.37. The van der Waals surface area contributed by atoms with Gasteiger partial charge in [-0.25, -0.2) is 14.8 Å². The Labute approximate surface area is 207 Å². The first kappa shape index (κ1) is 23.6. The van der Waals surface area contributed by atoms with E-state index in [1.807, 2.05) is 38.1 Å². The van der Waals surface area contributed by atoms with Gasteiger partial charge in [-0.05, 0) is 55.9 Å². The SMILES string of the molecule is Cc1cnc(Nc2ccccc2Cl)nc1N1CC(C)(NC(=O)NCC2=CC=C=CC(Cl)=C2)C=N1. The molecule has 4 rings (SSSR count). The van der Waals surface area contributed by atoms with Crippen molar-refractivity contribution in [1.82, 2.24) is 20.6 Å². The summed E-state index contributed by atoms with van der Waals surface area (Å²) < 4.78 is 0. The van der Waals surface area contributed by atoms with Gasteiger partial charge in [0.1, 0.15) is 0 Å². The predicted octanol–water partition coefficient (Wildman–Crippen LogP) is 4.82. The number of anilines is 3. The molecule has 3 N–H and O–H groups in total. The first-order chi connectivity index (χ1) is 16.3. The standard InChI is InChI=1S/C24H23Cl2N7O/c1-16-12-27-22(30-20-10-6-5-9-19(20)26)31-21(16)33-15-24(2,14-29-33)32-23(34)28-13-17-7-3-4-8-18(25)11-17/h3,5-12,14H,13,15H2,1-2H3,(H,27,30,31)(H2,28,32,34). The molecule has 0 saturated carbocycles. The number of nitrogens with one attached hydrogen (secondary N) is 3. The first-order valence-electron chi connectivity index (χ1n) is 10.5. The minimum Gasteiger partial charge on any atom is -0.334 e. The van der Waals surface area contributed by atoms with E-state index in [4.69, 9.17) is 23.2 Å². The van der Waals surface area contributed by atoms with E-state index < -0.39 is 5.54 Å². The highest BCUT2D eigenvalue weighted by Gasteiger charge is 2.33. The number of rotatable bonds is 6. The molecule has 2 aromatic rings. The van der Waals surface area contributed by atoms with Crippen molar-refractivity contribution in [2.45, 2.75) is 19.4 Å². The van der Waals surface area contributed by atoms with Crippen LogP contribution in [0.4, 0.5) is 22.2 Å². The predicted molar refractivity (Wildman–Crippen MR) is 137 cm³/mol. The van der Waals surface area contributed by atoms with Gasteiger partial charge in [0.2, 0.25) is 5.95 Å². The topological polar surface area (TPSA) is 94.5 Å². The molecule has 10 heteroatoms. The molecule has 1 unspecified atom stereocenters. The molecule has 0 bridgehead atoms. The van der Waals surface area contributed by atoms with Crippen LogP contribution in [0.1, 0.15) is 12.5 Å². The first-order valence-corrected chi connectivity index (χ1v) is 11.3. The number of allylic oxidation sites excluding steroid dienone is 3. The Morgan fingerprint density at radius 2 is 2.12 bits per heavy atom. The number of carbonyl (C=O) groups excluding carboxylic acids is 1. The molecule has 1 aliphatic carbocycles. The van der Waals surface area contributed by atoms with E-state index in [2.05, 4.69) is 36.8 Å². The van der Waals surface area contributed by atoms with Gasteiger partial charge in [-0.3, -0.25) is 0 Å². The molecule has 1 aromatic carbocycles. The van der Waals surface area contributed by atoms with Gasteiger partial charge in [0, 0.05) is 23.3 Å². The second-order valence-electron chi connectivity index (χ2n) is 8.08. The molecule has 34 heavy (non-hydrogen) atoms. The van der Waals surface area contributed by atoms with Crippen LogP contribution in [0.5, 0.6) is 0 Å². The lowest BCUT2D eigenvalue weighted by atomic mass is 10.1. The van der Waals surface area contributed by atoms with Crippen LogP contribution in [0.15, 0.2) is 76.2 Å². The molecular weight excluding hydrogens is 473 g/mol. The zero-order chi connectivity index (χ0) is 24.1. The molecule has 0 radical (unpaired) electrons. The van der Waals surface area contributed by atoms with E-state index >= 15 is 0 Å². The Balaban J connectivity index is 1.38. The van der Waals surface area contributed by atoms with Crippen LogP contribution in [0.3, 0.4) is 0 Å². The van der Waals surface area contributed by atoms with Crippen molar-refractivity contribution in [2.75, 3.05) is 23.4 Å². The maximum Gasteiger partial charge on any atom is 0.315 e. The van der Waals surface area contributed by atoms with Crippen LogP contribution >= 0.6 is 23.2 Å². The number of aryl methyl sites for hydroxylation is 1. The quantitative estimate of drug-likeness (QED) is 0.499. The molecular formula is C24H23Cl2N7O. The highest BCUT2D eigenvalue weighted by molar-refractivity contribution is 6.33. The summed E-state index contributed by atoms with van der Waals surface area (Å²) in [5.41, 5.74) is 4.65. The molecule has 1 aliphatic heterocycles. The third kappa shape index (κ3) is 5.85. The summed E-state index contributed by atoms with van der Waals surface area (Å²) in [5.74, 6) is 1.03. The summed E-state index contributed by atoms with van der Waals surface area (Å²) in [4.78, 5) is 21.5. The van der Waals surface area contributed by atoms with Gasteiger partial charge in [0.15, 0.2) is 5.82 Å². The van der Waals surface area contributed by atoms with Gasteiger partial charge in [-0.2, -0.15) is 10.1 Å². The van der Waals surface area contributed by atoms with Gasteiger partial charge in [0.05, 0.1) is 29.0 Å². The van der Waals surface area contributed by atoms with Crippen LogP contribution in [0.25, 0.3) is 0 Å².